The highest BCUT2D eigenvalue weighted by Gasteiger charge is 2.23. The number of hydrogen-bond donors (Lipinski definition) is 1. The molecule has 1 saturated heterocycles. The number of rotatable bonds is 3. The molecule has 1 aromatic heterocycles. The van der Waals surface area contributed by atoms with Crippen LogP contribution in [-0.4, -0.2) is 27.8 Å². The van der Waals surface area contributed by atoms with Gasteiger partial charge in [-0.2, -0.15) is 5.10 Å². The van der Waals surface area contributed by atoms with Gasteiger partial charge in [0, 0.05) is 29.7 Å². The SMILES string of the molecule is C#Cc1ccc(CN2CCCC(n3ncc4cc(N)ccc43)C2)cc1. The van der Waals surface area contributed by atoms with Gasteiger partial charge in [0.1, 0.15) is 0 Å². The molecule has 0 aliphatic carbocycles. The molecule has 1 atom stereocenters. The molecule has 1 aliphatic rings. The first-order chi connectivity index (χ1) is 12.2. The number of likely N-dealkylation sites (tertiary alicyclic amines) is 1. The fourth-order valence-electron chi connectivity index (χ4n) is 3.70. The van der Waals surface area contributed by atoms with Crippen molar-refractivity contribution in [2.24, 2.45) is 0 Å². The fourth-order valence-corrected chi connectivity index (χ4v) is 3.70. The molecular formula is C21H22N4. The van der Waals surface area contributed by atoms with Crippen molar-refractivity contribution in [1.29, 1.82) is 0 Å². The second kappa shape index (κ2) is 6.62. The van der Waals surface area contributed by atoms with Gasteiger partial charge in [-0.05, 0) is 55.3 Å². The average molecular weight is 330 g/mol. The number of hydrogen-bond acceptors (Lipinski definition) is 3. The minimum Gasteiger partial charge on any atom is -0.399 e. The summed E-state index contributed by atoms with van der Waals surface area (Å²) in [4.78, 5) is 2.50. The highest BCUT2D eigenvalue weighted by atomic mass is 15.3. The van der Waals surface area contributed by atoms with Gasteiger partial charge in [0.25, 0.3) is 0 Å². The quantitative estimate of drug-likeness (QED) is 0.591. The number of nitrogens with zero attached hydrogens (tertiary/aromatic N) is 3. The van der Waals surface area contributed by atoms with E-state index in [1.807, 2.05) is 30.5 Å². The van der Waals surface area contributed by atoms with E-state index in [9.17, 15) is 0 Å². The third-order valence-electron chi connectivity index (χ3n) is 4.97. The molecule has 0 radical (unpaired) electrons. The third-order valence-corrected chi connectivity index (χ3v) is 4.97. The third kappa shape index (κ3) is 3.24. The van der Waals surface area contributed by atoms with Crippen LogP contribution in [0.3, 0.4) is 0 Å². The van der Waals surface area contributed by atoms with Crippen LogP contribution in [0.1, 0.15) is 30.0 Å². The predicted molar refractivity (Wildman–Crippen MR) is 102 cm³/mol. The van der Waals surface area contributed by atoms with Gasteiger partial charge in [0.05, 0.1) is 17.8 Å². The van der Waals surface area contributed by atoms with Crippen molar-refractivity contribution >= 4 is 16.6 Å². The number of nitrogen functional groups attached to an aromatic ring is 1. The van der Waals surface area contributed by atoms with Crippen molar-refractivity contribution in [2.45, 2.75) is 25.4 Å². The summed E-state index contributed by atoms with van der Waals surface area (Å²) in [5, 5.41) is 5.75. The van der Waals surface area contributed by atoms with E-state index in [0.717, 1.165) is 42.7 Å². The van der Waals surface area contributed by atoms with Gasteiger partial charge >= 0.3 is 0 Å². The minimum absolute atomic E-state index is 0.403. The Morgan fingerprint density at radius 1 is 1.20 bits per heavy atom. The van der Waals surface area contributed by atoms with Gasteiger partial charge < -0.3 is 5.73 Å². The lowest BCUT2D eigenvalue weighted by molar-refractivity contribution is 0.165. The summed E-state index contributed by atoms with van der Waals surface area (Å²) in [5.41, 5.74) is 10.1. The molecule has 25 heavy (non-hydrogen) atoms. The molecular weight excluding hydrogens is 308 g/mol. The van der Waals surface area contributed by atoms with Crippen LogP contribution in [0.5, 0.6) is 0 Å². The molecule has 0 spiro atoms. The van der Waals surface area contributed by atoms with Gasteiger partial charge in [-0.15, -0.1) is 6.42 Å². The zero-order chi connectivity index (χ0) is 17.2. The minimum atomic E-state index is 0.403. The zero-order valence-corrected chi connectivity index (χ0v) is 14.2. The number of nitrogens with two attached hydrogens (primary N) is 1. The van der Waals surface area contributed by atoms with Crippen LogP contribution in [0.15, 0.2) is 48.7 Å². The van der Waals surface area contributed by atoms with Crippen LogP contribution >= 0.6 is 0 Å². The Morgan fingerprint density at radius 3 is 2.84 bits per heavy atom. The molecule has 1 unspecified atom stereocenters. The molecule has 0 bridgehead atoms. The first kappa shape index (κ1) is 15.7. The lowest BCUT2D eigenvalue weighted by atomic mass is 10.0. The molecule has 126 valence electrons. The van der Waals surface area contributed by atoms with Gasteiger partial charge in [-0.3, -0.25) is 9.58 Å². The molecule has 2 heterocycles. The van der Waals surface area contributed by atoms with E-state index in [1.54, 1.807) is 0 Å². The van der Waals surface area contributed by atoms with Crippen LogP contribution in [-0.2, 0) is 6.54 Å². The second-order valence-electron chi connectivity index (χ2n) is 6.78. The summed E-state index contributed by atoms with van der Waals surface area (Å²) >= 11 is 0. The normalized spacial score (nSPS) is 18.3. The Hall–Kier alpha value is -2.77. The van der Waals surface area contributed by atoms with Crippen molar-refractivity contribution in [3.8, 4) is 12.3 Å². The maximum absolute atomic E-state index is 5.88. The molecule has 2 aromatic carbocycles. The molecule has 2 N–H and O–H groups in total. The van der Waals surface area contributed by atoms with E-state index >= 15 is 0 Å². The van der Waals surface area contributed by atoms with E-state index in [1.165, 1.54) is 17.5 Å². The maximum atomic E-state index is 5.88. The number of benzene rings is 2. The van der Waals surface area contributed by atoms with E-state index in [-0.39, 0.29) is 0 Å². The first-order valence-electron chi connectivity index (χ1n) is 8.73. The Balaban J connectivity index is 1.51. The van der Waals surface area contributed by atoms with Crippen LogP contribution in [0.25, 0.3) is 10.9 Å². The van der Waals surface area contributed by atoms with Crippen molar-refractivity contribution in [1.82, 2.24) is 14.7 Å². The summed E-state index contributed by atoms with van der Waals surface area (Å²) in [5.74, 6) is 2.67. The number of piperidine rings is 1. The lowest BCUT2D eigenvalue weighted by Gasteiger charge is -2.33. The smallest absolute Gasteiger partial charge is 0.0687 e. The first-order valence-corrected chi connectivity index (χ1v) is 8.73. The van der Waals surface area contributed by atoms with Gasteiger partial charge in [0.15, 0.2) is 0 Å². The van der Waals surface area contributed by atoms with Gasteiger partial charge in [-0.25, -0.2) is 0 Å². The number of aromatic nitrogens is 2. The summed E-state index contributed by atoms with van der Waals surface area (Å²) < 4.78 is 2.17. The maximum Gasteiger partial charge on any atom is 0.0687 e. The van der Waals surface area contributed by atoms with Crippen LogP contribution in [0.4, 0.5) is 5.69 Å². The monoisotopic (exact) mass is 330 g/mol. The largest absolute Gasteiger partial charge is 0.399 e. The Morgan fingerprint density at radius 2 is 2.04 bits per heavy atom. The van der Waals surface area contributed by atoms with Crippen LogP contribution < -0.4 is 5.73 Å². The second-order valence-corrected chi connectivity index (χ2v) is 6.78. The summed E-state index contributed by atoms with van der Waals surface area (Å²) in [7, 11) is 0. The van der Waals surface area contributed by atoms with Gasteiger partial charge in [0.2, 0.25) is 0 Å². The van der Waals surface area contributed by atoms with E-state index in [2.05, 4.69) is 38.8 Å². The topological polar surface area (TPSA) is 47.1 Å². The standard InChI is InChI=1S/C21H22N4/c1-2-16-5-7-17(8-6-16)14-24-11-3-4-20(15-24)25-21-10-9-19(22)12-18(21)13-23-25/h1,5-10,12-13,20H,3-4,11,14-15,22H2. The van der Waals surface area contributed by atoms with E-state index in [0.29, 0.717) is 6.04 Å². The summed E-state index contributed by atoms with van der Waals surface area (Å²) in [6, 6.07) is 14.7. The highest BCUT2D eigenvalue weighted by molar-refractivity contribution is 5.82. The predicted octanol–water partition coefficient (Wildman–Crippen LogP) is 3.44. The van der Waals surface area contributed by atoms with Crippen LogP contribution in [0, 0.1) is 12.3 Å². The van der Waals surface area contributed by atoms with Crippen molar-refractivity contribution in [3.63, 3.8) is 0 Å². The molecule has 1 fully saturated rings. The molecule has 3 aromatic rings. The lowest BCUT2D eigenvalue weighted by Crippen LogP contribution is -2.36. The molecule has 4 nitrogen and oxygen atoms in total. The molecule has 0 saturated carbocycles. The number of anilines is 1. The van der Waals surface area contributed by atoms with Crippen molar-refractivity contribution in [3.05, 3.63) is 59.8 Å². The molecule has 0 amide bonds. The number of fused-ring (bicyclic) bond motifs is 1. The zero-order valence-electron chi connectivity index (χ0n) is 14.2. The molecule has 4 rings (SSSR count). The Labute approximate surface area is 148 Å². The fraction of sp³-hybridized carbons (Fsp3) is 0.286. The van der Waals surface area contributed by atoms with Gasteiger partial charge in [-0.1, -0.05) is 18.1 Å². The Kier molecular flexibility index (Phi) is 4.17. The molecule has 4 heteroatoms. The van der Waals surface area contributed by atoms with E-state index < -0.39 is 0 Å². The van der Waals surface area contributed by atoms with Crippen molar-refractivity contribution < 1.29 is 0 Å². The average Bonchev–Trinajstić information content (AvgIpc) is 3.05. The Bertz CT molecular complexity index is 917. The highest BCUT2D eigenvalue weighted by Crippen LogP contribution is 2.27. The van der Waals surface area contributed by atoms with Crippen molar-refractivity contribution in [2.75, 3.05) is 18.8 Å². The summed E-state index contributed by atoms with van der Waals surface area (Å²) in [6.45, 7) is 3.09. The van der Waals surface area contributed by atoms with E-state index in [4.69, 9.17) is 12.2 Å². The number of terminal acetylenes is 1. The summed E-state index contributed by atoms with van der Waals surface area (Å²) in [6.07, 6.45) is 9.70. The molecule has 1 aliphatic heterocycles. The van der Waals surface area contributed by atoms with Crippen LogP contribution in [0.2, 0.25) is 0 Å².